The molecule has 6 nitrogen and oxygen atoms in total. The van der Waals surface area contributed by atoms with E-state index in [1.165, 1.54) is 6.92 Å². The fourth-order valence-electron chi connectivity index (χ4n) is 3.39. The van der Waals surface area contributed by atoms with Crippen LogP contribution in [0.5, 0.6) is 0 Å². The van der Waals surface area contributed by atoms with E-state index in [-0.39, 0.29) is 11.9 Å². The summed E-state index contributed by atoms with van der Waals surface area (Å²) >= 11 is 0. The van der Waals surface area contributed by atoms with Gasteiger partial charge in [0.05, 0.1) is 17.0 Å². The van der Waals surface area contributed by atoms with E-state index >= 15 is 0 Å². The molecule has 130 valence electrons. The zero-order valence-corrected chi connectivity index (χ0v) is 15.6. The average molecular weight is 341 g/mol. The number of amides is 1. The lowest BCUT2D eigenvalue weighted by atomic mass is 10.0. The summed E-state index contributed by atoms with van der Waals surface area (Å²) in [6.07, 6.45) is 1.74. The molecule has 0 aromatic carbocycles. The van der Waals surface area contributed by atoms with Crippen LogP contribution in [0.2, 0.25) is 0 Å². The molecule has 2 heterocycles. The Labute approximate surface area is 138 Å². The molecule has 1 saturated heterocycles. The number of rotatable bonds is 4. The second kappa shape index (κ2) is 6.26. The molecular weight excluding hydrogens is 314 g/mol. The van der Waals surface area contributed by atoms with E-state index < -0.39 is 20.3 Å². The Balaban J connectivity index is 2.34. The Hall–Kier alpha value is -1.37. The SMILES string of the molecule is Cc1nn(C)c(C)c1[C@H]1CCCN1C(=O)[C@H](C)S(=O)(=O)C(C)C. The number of nitrogens with zero attached hydrogens (tertiary/aromatic N) is 3. The van der Waals surface area contributed by atoms with Crippen LogP contribution in [0.25, 0.3) is 0 Å². The first-order chi connectivity index (χ1) is 10.6. The highest BCUT2D eigenvalue weighted by Crippen LogP contribution is 2.36. The molecule has 0 radical (unpaired) electrons. The second-order valence-corrected chi connectivity index (χ2v) is 9.51. The van der Waals surface area contributed by atoms with E-state index in [1.807, 2.05) is 25.6 Å². The number of hydrogen-bond acceptors (Lipinski definition) is 4. The normalized spacial score (nSPS) is 20.3. The second-order valence-electron chi connectivity index (χ2n) is 6.68. The highest BCUT2D eigenvalue weighted by molar-refractivity contribution is 7.93. The van der Waals surface area contributed by atoms with Gasteiger partial charge in [0.2, 0.25) is 5.91 Å². The summed E-state index contributed by atoms with van der Waals surface area (Å²) in [7, 11) is -1.56. The van der Waals surface area contributed by atoms with Crippen LogP contribution >= 0.6 is 0 Å². The minimum Gasteiger partial charge on any atom is -0.334 e. The van der Waals surface area contributed by atoms with Crippen molar-refractivity contribution in [2.24, 2.45) is 7.05 Å². The van der Waals surface area contributed by atoms with Gasteiger partial charge in [-0.2, -0.15) is 5.10 Å². The number of likely N-dealkylation sites (tertiary alicyclic amines) is 1. The molecule has 1 aliphatic rings. The number of sulfone groups is 1. The van der Waals surface area contributed by atoms with Gasteiger partial charge in [-0.3, -0.25) is 9.48 Å². The third kappa shape index (κ3) is 3.03. The van der Waals surface area contributed by atoms with Gasteiger partial charge in [-0.05, 0) is 47.5 Å². The number of aryl methyl sites for hydroxylation is 2. The molecule has 23 heavy (non-hydrogen) atoms. The van der Waals surface area contributed by atoms with Crippen molar-refractivity contribution in [1.82, 2.24) is 14.7 Å². The first-order valence-electron chi connectivity index (χ1n) is 8.12. The molecule has 0 aliphatic carbocycles. The summed E-state index contributed by atoms with van der Waals surface area (Å²) in [6.45, 7) is 9.29. The molecule has 0 N–H and O–H groups in total. The average Bonchev–Trinajstić information content (AvgIpc) is 3.02. The molecular formula is C16H27N3O3S. The molecule has 0 bridgehead atoms. The number of aromatic nitrogens is 2. The van der Waals surface area contributed by atoms with E-state index in [0.29, 0.717) is 6.54 Å². The molecule has 7 heteroatoms. The van der Waals surface area contributed by atoms with Gasteiger partial charge in [-0.25, -0.2) is 8.42 Å². The minimum atomic E-state index is -3.45. The van der Waals surface area contributed by atoms with Crippen molar-refractivity contribution in [3.05, 3.63) is 17.0 Å². The first-order valence-corrected chi connectivity index (χ1v) is 9.73. The van der Waals surface area contributed by atoms with Crippen molar-refractivity contribution >= 4 is 15.7 Å². The summed E-state index contributed by atoms with van der Waals surface area (Å²) in [6, 6.07) is -0.0685. The molecule has 0 spiro atoms. The maximum absolute atomic E-state index is 12.8. The summed E-state index contributed by atoms with van der Waals surface area (Å²) in [5.41, 5.74) is 3.01. The first kappa shape index (κ1) is 18.0. The summed E-state index contributed by atoms with van der Waals surface area (Å²) in [4.78, 5) is 14.6. The van der Waals surface area contributed by atoms with E-state index in [4.69, 9.17) is 0 Å². The molecule has 0 unspecified atom stereocenters. The molecule has 1 aliphatic heterocycles. The number of carbonyl (C=O) groups is 1. The fraction of sp³-hybridized carbons (Fsp3) is 0.750. The molecule has 2 atom stereocenters. The van der Waals surface area contributed by atoms with Crippen LogP contribution in [0.3, 0.4) is 0 Å². The van der Waals surface area contributed by atoms with Gasteiger partial charge in [-0.1, -0.05) is 0 Å². The third-order valence-electron chi connectivity index (χ3n) is 4.93. The predicted octanol–water partition coefficient (Wildman–Crippen LogP) is 1.91. The molecule has 0 saturated carbocycles. The smallest absolute Gasteiger partial charge is 0.241 e. The Kier molecular flexibility index (Phi) is 4.89. The Bertz CT molecular complexity index is 706. The van der Waals surface area contributed by atoms with Crippen molar-refractivity contribution in [2.75, 3.05) is 6.54 Å². The van der Waals surface area contributed by atoms with Crippen molar-refractivity contribution < 1.29 is 13.2 Å². The predicted molar refractivity (Wildman–Crippen MR) is 89.9 cm³/mol. The van der Waals surface area contributed by atoms with Gasteiger partial charge in [0.1, 0.15) is 5.25 Å². The fourth-order valence-corrected chi connectivity index (χ4v) is 4.62. The maximum atomic E-state index is 12.8. The van der Waals surface area contributed by atoms with Crippen molar-refractivity contribution in [3.63, 3.8) is 0 Å². The van der Waals surface area contributed by atoms with Gasteiger partial charge in [-0.15, -0.1) is 0 Å². The Morgan fingerprint density at radius 2 is 1.87 bits per heavy atom. The van der Waals surface area contributed by atoms with Crippen molar-refractivity contribution in [1.29, 1.82) is 0 Å². The molecule has 1 aromatic heterocycles. The van der Waals surface area contributed by atoms with Gasteiger partial charge in [0, 0.05) is 24.8 Å². The summed E-state index contributed by atoms with van der Waals surface area (Å²) in [5.74, 6) is -0.288. The van der Waals surface area contributed by atoms with Crippen LogP contribution in [0, 0.1) is 13.8 Å². The van der Waals surface area contributed by atoms with E-state index in [9.17, 15) is 13.2 Å². The largest absolute Gasteiger partial charge is 0.334 e. The van der Waals surface area contributed by atoms with Gasteiger partial charge in [0.15, 0.2) is 9.84 Å². The number of carbonyl (C=O) groups excluding carboxylic acids is 1. The standard InChI is InChI=1S/C16H27N3O3S/c1-10(2)23(21,22)13(5)16(20)19-9-7-8-14(19)15-11(3)17-18(6)12(15)4/h10,13-14H,7-9H2,1-6H3/t13-,14+/m0/s1. The van der Waals surface area contributed by atoms with E-state index in [1.54, 1.807) is 18.7 Å². The van der Waals surface area contributed by atoms with Gasteiger partial charge in [0.25, 0.3) is 0 Å². The summed E-state index contributed by atoms with van der Waals surface area (Å²) in [5, 5.41) is 2.88. The molecule has 2 rings (SSSR count). The zero-order valence-electron chi connectivity index (χ0n) is 14.8. The molecule has 1 aromatic rings. The van der Waals surface area contributed by atoms with E-state index in [2.05, 4.69) is 5.10 Å². The highest BCUT2D eigenvalue weighted by atomic mass is 32.2. The Morgan fingerprint density at radius 1 is 1.26 bits per heavy atom. The van der Waals surface area contributed by atoms with Gasteiger partial charge >= 0.3 is 0 Å². The molecule has 1 amide bonds. The maximum Gasteiger partial charge on any atom is 0.241 e. The van der Waals surface area contributed by atoms with E-state index in [0.717, 1.165) is 29.8 Å². The Morgan fingerprint density at radius 3 is 2.35 bits per heavy atom. The summed E-state index contributed by atoms with van der Waals surface area (Å²) < 4.78 is 26.5. The van der Waals surface area contributed by atoms with Crippen LogP contribution in [0.4, 0.5) is 0 Å². The molecule has 1 fully saturated rings. The van der Waals surface area contributed by atoms with Crippen molar-refractivity contribution in [2.45, 2.75) is 64.0 Å². The minimum absolute atomic E-state index is 0.0685. The number of hydrogen-bond donors (Lipinski definition) is 0. The lowest BCUT2D eigenvalue weighted by Gasteiger charge is -2.28. The lowest BCUT2D eigenvalue weighted by molar-refractivity contribution is -0.131. The van der Waals surface area contributed by atoms with Crippen LogP contribution in [-0.4, -0.2) is 46.1 Å². The van der Waals surface area contributed by atoms with Crippen LogP contribution in [-0.2, 0) is 21.7 Å². The van der Waals surface area contributed by atoms with Crippen LogP contribution in [0.15, 0.2) is 0 Å². The van der Waals surface area contributed by atoms with Crippen LogP contribution in [0.1, 0.15) is 56.6 Å². The highest BCUT2D eigenvalue weighted by Gasteiger charge is 2.40. The van der Waals surface area contributed by atoms with Crippen LogP contribution < -0.4 is 0 Å². The zero-order chi connectivity index (χ0) is 17.5. The topological polar surface area (TPSA) is 72.3 Å². The third-order valence-corrected chi connectivity index (χ3v) is 7.43. The lowest BCUT2D eigenvalue weighted by Crippen LogP contribution is -2.43. The van der Waals surface area contributed by atoms with Gasteiger partial charge < -0.3 is 4.90 Å². The van der Waals surface area contributed by atoms with Crippen molar-refractivity contribution in [3.8, 4) is 0 Å². The monoisotopic (exact) mass is 341 g/mol. The quantitative estimate of drug-likeness (QED) is 0.839.